The second-order valence-electron chi connectivity index (χ2n) is 4.13. The number of nitrogens with two attached hydrogens (primary N) is 1. The first kappa shape index (κ1) is 15.8. The highest BCUT2D eigenvalue weighted by Crippen LogP contribution is 2.32. The lowest BCUT2D eigenvalue weighted by Crippen LogP contribution is -2.20. The summed E-state index contributed by atoms with van der Waals surface area (Å²) in [5, 5.41) is 3.51. The van der Waals surface area contributed by atoms with Crippen LogP contribution in [-0.4, -0.2) is 12.5 Å². The van der Waals surface area contributed by atoms with Gasteiger partial charge in [-0.25, -0.2) is 0 Å². The Morgan fingerprint density at radius 1 is 1.10 bits per heavy atom. The molecule has 0 saturated heterocycles. The van der Waals surface area contributed by atoms with Gasteiger partial charge in [0.15, 0.2) is 6.61 Å². The van der Waals surface area contributed by atoms with E-state index < -0.39 is 5.91 Å². The third-order valence-electron chi connectivity index (χ3n) is 2.52. The molecule has 2 aromatic rings. The monoisotopic (exact) mass is 344 g/mol. The maximum absolute atomic E-state index is 11.9. The lowest BCUT2D eigenvalue weighted by atomic mass is 10.3. The molecule has 2 rings (SSSR count). The van der Waals surface area contributed by atoms with Gasteiger partial charge in [0.2, 0.25) is 0 Å². The molecule has 0 aliphatic carbocycles. The van der Waals surface area contributed by atoms with Crippen molar-refractivity contribution in [2.75, 3.05) is 17.7 Å². The van der Waals surface area contributed by atoms with Crippen molar-refractivity contribution in [3.05, 3.63) is 51.5 Å². The smallest absolute Gasteiger partial charge is 0.262 e. The number of carbonyl (C=O) groups excluding carboxylic acids is 1. The average molecular weight is 346 g/mol. The number of amides is 1. The molecular weight excluding hydrogens is 335 g/mol. The zero-order valence-electron chi connectivity index (χ0n) is 10.7. The van der Waals surface area contributed by atoms with Crippen molar-refractivity contribution in [2.24, 2.45) is 0 Å². The van der Waals surface area contributed by atoms with Gasteiger partial charge in [0, 0.05) is 5.69 Å². The number of carbonyl (C=O) groups is 1. The Labute approximate surface area is 136 Å². The summed E-state index contributed by atoms with van der Waals surface area (Å²) in [5.74, 6) is 0.00677. The van der Waals surface area contributed by atoms with Crippen LogP contribution in [0.25, 0.3) is 0 Å². The Hall–Kier alpha value is -1.62. The van der Waals surface area contributed by atoms with Crippen molar-refractivity contribution in [3.8, 4) is 5.75 Å². The van der Waals surface area contributed by atoms with E-state index >= 15 is 0 Å². The number of anilines is 2. The molecule has 0 radical (unpaired) electrons. The minimum atomic E-state index is -0.413. The maximum Gasteiger partial charge on any atom is 0.262 e. The number of nitrogens with one attached hydrogen (secondary N) is 1. The Morgan fingerprint density at radius 3 is 2.33 bits per heavy atom. The zero-order chi connectivity index (χ0) is 15.4. The molecule has 0 spiro atoms. The molecule has 0 unspecified atom stereocenters. The van der Waals surface area contributed by atoms with Gasteiger partial charge in [0.1, 0.15) is 5.75 Å². The molecule has 3 N–H and O–H groups in total. The number of para-hydroxylation sites is 1. The van der Waals surface area contributed by atoms with Crippen LogP contribution in [0.15, 0.2) is 36.4 Å². The van der Waals surface area contributed by atoms with Crippen molar-refractivity contribution in [1.29, 1.82) is 0 Å². The molecule has 0 aliphatic heterocycles. The van der Waals surface area contributed by atoms with E-state index in [9.17, 15) is 4.79 Å². The van der Waals surface area contributed by atoms with Gasteiger partial charge in [0.05, 0.1) is 20.8 Å². The molecule has 0 heterocycles. The van der Waals surface area contributed by atoms with Gasteiger partial charge in [-0.3, -0.25) is 4.79 Å². The van der Waals surface area contributed by atoms with Crippen molar-refractivity contribution < 1.29 is 9.53 Å². The van der Waals surface area contributed by atoms with Crippen LogP contribution in [-0.2, 0) is 4.79 Å². The first-order valence-corrected chi connectivity index (χ1v) is 7.02. The predicted molar refractivity (Wildman–Crippen MR) is 86.5 cm³/mol. The molecule has 4 nitrogen and oxygen atoms in total. The minimum absolute atomic E-state index is 0.221. The third kappa shape index (κ3) is 4.17. The number of ether oxygens (including phenoxy) is 1. The van der Waals surface area contributed by atoms with Crippen molar-refractivity contribution in [2.45, 2.75) is 0 Å². The van der Waals surface area contributed by atoms with Crippen LogP contribution in [0.5, 0.6) is 5.75 Å². The molecule has 0 fully saturated rings. The van der Waals surface area contributed by atoms with Gasteiger partial charge >= 0.3 is 0 Å². The second-order valence-corrected chi connectivity index (χ2v) is 5.35. The summed E-state index contributed by atoms with van der Waals surface area (Å²) in [5.41, 5.74) is 6.29. The molecule has 1 amide bonds. The van der Waals surface area contributed by atoms with Crippen molar-refractivity contribution in [1.82, 2.24) is 0 Å². The number of halogens is 3. The fourth-order valence-corrected chi connectivity index (χ4v) is 2.38. The lowest BCUT2D eigenvalue weighted by molar-refractivity contribution is -0.118. The molecule has 21 heavy (non-hydrogen) atoms. The van der Waals surface area contributed by atoms with Crippen molar-refractivity contribution in [3.63, 3.8) is 0 Å². The van der Waals surface area contributed by atoms with Gasteiger partial charge in [-0.1, -0.05) is 46.9 Å². The maximum atomic E-state index is 11.9. The van der Waals surface area contributed by atoms with E-state index in [1.54, 1.807) is 24.3 Å². The second kappa shape index (κ2) is 6.89. The van der Waals surface area contributed by atoms with E-state index in [0.29, 0.717) is 22.1 Å². The van der Waals surface area contributed by atoms with E-state index in [0.717, 1.165) is 0 Å². The first-order chi connectivity index (χ1) is 9.97. The molecule has 0 aliphatic rings. The van der Waals surface area contributed by atoms with Crippen LogP contribution in [0.1, 0.15) is 0 Å². The van der Waals surface area contributed by atoms with E-state index in [4.69, 9.17) is 45.3 Å². The summed E-state index contributed by atoms with van der Waals surface area (Å²) in [4.78, 5) is 11.9. The average Bonchev–Trinajstić information content (AvgIpc) is 2.42. The van der Waals surface area contributed by atoms with Gasteiger partial charge < -0.3 is 15.8 Å². The van der Waals surface area contributed by atoms with Gasteiger partial charge in [0.25, 0.3) is 5.91 Å². The SMILES string of the molecule is Nc1cc(Cl)c(NC(=O)COc2ccccc2Cl)c(Cl)c1. The quantitative estimate of drug-likeness (QED) is 0.814. The van der Waals surface area contributed by atoms with Crippen LogP contribution in [0.4, 0.5) is 11.4 Å². The van der Waals surface area contributed by atoms with E-state index in [1.807, 2.05) is 0 Å². The van der Waals surface area contributed by atoms with Crippen LogP contribution in [0, 0.1) is 0 Å². The first-order valence-electron chi connectivity index (χ1n) is 5.89. The lowest BCUT2D eigenvalue weighted by Gasteiger charge is -2.11. The van der Waals surface area contributed by atoms with E-state index in [-0.39, 0.29) is 16.7 Å². The summed E-state index contributed by atoms with van der Waals surface area (Å²) in [6.45, 7) is -0.221. The Balaban J connectivity index is 2.01. The summed E-state index contributed by atoms with van der Waals surface area (Å²) >= 11 is 17.9. The Bertz CT molecular complexity index is 654. The molecule has 0 aromatic heterocycles. The van der Waals surface area contributed by atoms with Crippen LogP contribution < -0.4 is 15.8 Å². The highest BCUT2D eigenvalue weighted by atomic mass is 35.5. The molecule has 2 aromatic carbocycles. The molecular formula is C14H11Cl3N2O2. The summed E-state index contributed by atoms with van der Waals surface area (Å²) in [7, 11) is 0. The summed E-state index contributed by atoms with van der Waals surface area (Å²) in [6.07, 6.45) is 0. The highest BCUT2D eigenvalue weighted by molar-refractivity contribution is 6.40. The Kier molecular flexibility index (Phi) is 5.17. The Morgan fingerprint density at radius 2 is 1.71 bits per heavy atom. The molecule has 110 valence electrons. The summed E-state index contributed by atoms with van der Waals surface area (Å²) in [6, 6.07) is 9.85. The standard InChI is InChI=1S/C14H11Cl3N2O2/c15-9-3-1-2-4-12(9)21-7-13(20)19-14-10(16)5-8(18)6-11(14)17/h1-6H,7,18H2,(H,19,20). The molecule has 0 bridgehead atoms. The molecule has 0 saturated carbocycles. The number of benzene rings is 2. The van der Waals surface area contributed by atoms with Crippen LogP contribution in [0.3, 0.4) is 0 Å². The zero-order valence-corrected chi connectivity index (χ0v) is 13.0. The van der Waals surface area contributed by atoms with Gasteiger partial charge in [-0.15, -0.1) is 0 Å². The topological polar surface area (TPSA) is 64.3 Å². The van der Waals surface area contributed by atoms with Crippen molar-refractivity contribution >= 4 is 52.1 Å². The fourth-order valence-electron chi connectivity index (χ4n) is 1.59. The highest BCUT2D eigenvalue weighted by Gasteiger charge is 2.12. The predicted octanol–water partition coefficient (Wildman–Crippen LogP) is 4.25. The molecule has 0 atom stereocenters. The normalized spacial score (nSPS) is 10.2. The number of nitrogen functional groups attached to an aromatic ring is 1. The molecule has 7 heteroatoms. The number of hydrogen-bond acceptors (Lipinski definition) is 3. The minimum Gasteiger partial charge on any atom is -0.482 e. The number of hydrogen-bond donors (Lipinski definition) is 2. The van der Waals surface area contributed by atoms with Gasteiger partial charge in [-0.05, 0) is 24.3 Å². The largest absolute Gasteiger partial charge is 0.482 e. The summed E-state index contributed by atoms with van der Waals surface area (Å²) < 4.78 is 5.32. The van der Waals surface area contributed by atoms with E-state index in [1.165, 1.54) is 12.1 Å². The van der Waals surface area contributed by atoms with Gasteiger partial charge in [-0.2, -0.15) is 0 Å². The fraction of sp³-hybridized carbons (Fsp3) is 0.0714. The third-order valence-corrected chi connectivity index (χ3v) is 3.43. The van der Waals surface area contributed by atoms with E-state index in [2.05, 4.69) is 5.32 Å². The van der Waals surface area contributed by atoms with Crippen LogP contribution >= 0.6 is 34.8 Å². The van der Waals surface area contributed by atoms with Crippen LogP contribution in [0.2, 0.25) is 15.1 Å². The number of rotatable bonds is 4.